The van der Waals surface area contributed by atoms with Crippen molar-refractivity contribution in [3.63, 3.8) is 0 Å². The van der Waals surface area contributed by atoms with Gasteiger partial charge in [-0.3, -0.25) is 4.79 Å². The summed E-state index contributed by atoms with van der Waals surface area (Å²) in [5, 5.41) is 0. The molecule has 0 aromatic carbocycles. The average molecular weight is 265 g/mol. The van der Waals surface area contributed by atoms with Gasteiger partial charge in [-0.1, -0.05) is 0 Å². The molecule has 0 radical (unpaired) electrons. The van der Waals surface area contributed by atoms with E-state index < -0.39 is 5.95 Å². The van der Waals surface area contributed by atoms with Crippen LogP contribution >= 0.6 is 0 Å². The average Bonchev–Trinajstić information content (AvgIpc) is 3.19. The number of carbonyl (C=O) groups is 1. The van der Waals surface area contributed by atoms with Crippen molar-refractivity contribution >= 4 is 5.91 Å². The molecular weight excluding hydrogens is 245 g/mol. The molecule has 0 spiro atoms. The number of likely N-dealkylation sites (N-methyl/N-ethyl adjacent to an activating group) is 2. The number of nitrogens with zero attached hydrogens (tertiary/aromatic N) is 3. The smallest absolute Gasteiger partial charge is 0.226 e. The maximum atomic E-state index is 12.9. The van der Waals surface area contributed by atoms with E-state index >= 15 is 0 Å². The Morgan fingerprint density at radius 3 is 2.79 bits per heavy atom. The van der Waals surface area contributed by atoms with Gasteiger partial charge in [0.25, 0.3) is 0 Å². The van der Waals surface area contributed by atoms with Crippen LogP contribution < -0.4 is 0 Å². The van der Waals surface area contributed by atoms with E-state index in [2.05, 4.69) is 16.9 Å². The Hall–Kier alpha value is -1.49. The fourth-order valence-electron chi connectivity index (χ4n) is 1.99. The zero-order valence-corrected chi connectivity index (χ0v) is 11.5. The van der Waals surface area contributed by atoms with Gasteiger partial charge in [0, 0.05) is 32.4 Å². The second kappa shape index (κ2) is 6.10. The lowest BCUT2D eigenvalue weighted by Gasteiger charge is -2.22. The number of pyridine rings is 1. The van der Waals surface area contributed by atoms with Gasteiger partial charge in [-0.25, -0.2) is 4.98 Å². The molecule has 1 saturated carbocycles. The van der Waals surface area contributed by atoms with Crippen molar-refractivity contribution < 1.29 is 9.18 Å². The minimum atomic E-state index is -0.540. The van der Waals surface area contributed by atoms with Gasteiger partial charge in [-0.15, -0.1) is 0 Å². The quantitative estimate of drug-likeness (QED) is 0.728. The monoisotopic (exact) mass is 265 g/mol. The fraction of sp³-hybridized carbons (Fsp3) is 0.571. The number of aromatic nitrogens is 1. The predicted octanol–water partition coefficient (Wildman–Crippen LogP) is 1.32. The van der Waals surface area contributed by atoms with Gasteiger partial charge >= 0.3 is 0 Å². The molecular formula is C14H20FN3O. The lowest BCUT2D eigenvalue weighted by atomic mass is 10.2. The largest absolute Gasteiger partial charge is 0.344 e. The number of hydrogen-bond donors (Lipinski definition) is 0. The molecule has 1 fully saturated rings. The Morgan fingerprint density at radius 1 is 1.42 bits per heavy atom. The normalized spacial score (nSPS) is 14.7. The van der Waals surface area contributed by atoms with E-state index in [-0.39, 0.29) is 12.3 Å². The van der Waals surface area contributed by atoms with E-state index in [1.165, 1.54) is 25.1 Å². The van der Waals surface area contributed by atoms with E-state index in [0.717, 1.165) is 6.54 Å². The molecule has 104 valence electrons. The van der Waals surface area contributed by atoms with Crippen LogP contribution in [0, 0.1) is 5.95 Å². The predicted molar refractivity (Wildman–Crippen MR) is 71.2 cm³/mol. The van der Waals surface area contributed by atoms with Crippen LogP contribution in [0.25, 0.3) is 0 Å². The van der Waals surface area contributed by atoms with Crippen LogP contribution in [-0.4, -0.2) is 53.9 Å². The zero-order chi connectivity index (χ0) is 13.8. The molecule has 1 aromatic heterocycles. The highest BCUT2D eigenvalue weighted by Crippen LogP contribution is 2.24. The highest BCUT2D eigenvalue weighted by molar-refractivity contribution is 5.78. The Morgan fingerprint density at radius 2 is 2.16 bits per heavy atom. The number of carbonyl (C=O) groups excluding carboxylic acids is 1. The van der Waals surface area contributed by atoms with E-state index in [9.17, 15) is 9.18 Å². The van der Waals surface area contributed by atoms with Crippen LogP contribution in [0.5, 0.6) is 0 Å². The van der Waals surface area contributed by atoms with Gasteiger partial charge < -0.3 is 9.80 Å². The summed E-state index contributed by atoms with van der Waals surface area (Å²) in [5.74, 6) is -0.531. The summed E-state index contributed by atoms with van der Waals surface area (Å²) in [4.78, 5) is 19.5. The summed E-state index contributed by atoms with van der Waals surface area (Å²) in [6, 6.07) is 3.69. The van der Waals surface area contributed by atoms with E-state index in [0.29, 0.717) is 18.2 Å². The van der Waals surface area contributed by atoms with Crippen molar-refractivity contribution in [3.8, 4) is 0 Å². The molecule has 19 heavy (non-hydrogen) atoms. The molecule has 1 heterocycles. The molecule has 1 aromatic rings. The summed E-state index contributed by atoms with van der Waals surface area (Å²) < 4.78 is 12.9. The molecule has 0 bridgehead atoms. The Balaban J connectivity index is 1.78. The van der Waals surface area contributed by atoms with Crippen molar-refractivity contribution in [2.24, 2.45) is 0 Å². The lowest BCUT2D eigenvalue weighted by molar-refractivity contribution is -0.129. The van der Waals surface area contributed by atoms with Crippen molar-refractivity contribution in [1.82, 2.24) is 14.8 Å². The van der Waals surface area contributed by atoms with Crippen LogP contribution in [0.4, 0.5) is 4.39 Å². The van der Waals surface area contributed by atoms with Crippen molar-refractivity contribution in [2.75, 3.05) is 27.2 Å². The van der Waals surface area contributed by atoms with Crippen LogP contribution in [0.3, 0.4) is 0 Å². The van der Waals surface area contributed by atoms with Gasteiger partial charge in [0.05, 0.1) is 6.42 Å². The minimum Gasteiger partial charge on any atom is -0.344 e. The first kappa shape index (κ1) is 13.9. The first-order chi connectivity index (χ1) is 9.06. The minimum absolute atomic E-state index is 0.00907. The molecule has 0 unspecified atom stereocenters. The molecule has 1 aliphatic rings. The van der Waals surface area contributed by atoms with Crippen LogP contribution in [-0.2, 0) is 11.2 Å². The van der Waals surface area contributed by atoms with Crippen molar-refractivity contribution in [3.05, 3.63) is 29.8 Å². The first-order valence-corrected chi connectivity index (χ1v) is 6.61. The summed E-state index contributed by atoms with van der Waals surface area (Å²) in [5.41, 5.74) is 0.667. The van der Waals surface area contributed by atoms with Gasteiger partial charge in [-0.2, -0.15) is 4.39 Å². The SMILES string of the molecule is CN(CCN(C)C1CC1)C(=O)Cc1ccnc(F)c1. The summed E-state index contributed by atoms with van der Waals surface area (Å²) in [6.07, 6.45) is 4.15. The molecule has 0 aliphatic heterocycles. The van der Waals surface area contributed by atoms with Gasteiger partial charge in [0.15, 0.2) is 0 Å². The summed E-state index contributed by atoms with van der Waals surface area (Å²) in [6.45, 7) is 1.59. The maximum Gasteiger partial charge on any atom is 0.226 e. The number of rotatable bonds is 6. The Labute approximate surface area is 113 Å². The van der Waals surface area contributed by atoms with Crippen LogP contribution in [0.2, 0.25) is 0 Å². The van der Waals surface area contributed by atoms with Gasteiger partial charge in [0.2, 0.25) is 11.9 Å². The third-order valence-electron chi connectivity index (χ3n) is 3.53. The molecule has 4 nitrogen and oxygen atoms in total. The third kappa shape index (κ3) is 4.28. The van der Waals surface area contributed by atoms with E-state index in [4.69, 9.17) is 0 Å². The highest BCUT2D eigenvalue weighted by atomic mass is 19.1. The third-order valence-corrected chi connectivity index (χ3v) is 3.53. The van der Waals surface area contributed by atoms with Gasteiger partial charge in [-0.05, 0) is 37.6 Å². The Bertz CT molecular complexity index is 448. The molecule has 1 amide bonds. The van der Waals surface area contributed by atoms with Crippen molar-refractivity contribution in [1.29, 1.82) is 0 Å². The standard InChI is InChI=1S/C14H20FN3O/c1-17(12-3-4-12)7-8-18(2)14(19)10-11-5-6-16-13(15)9-11/h5-6,9,12H,3-4,7-8,10H2,1-2H3. The molecule has 5 heteroatoms. The topological polar surface area (TPSA) is 36.4 Å². The molecule has 1 aliphatic carbocycles. The maximum absolute atomic E-state index is 12.9. The van der Waals surface area contributed by atoms with Crippen LogP contribution in [0.15, 0.2) is 18.3 Å². The fourth-order valence-corrected chi connectivity index (χ4v) is 1.99. The molecule has 0 N–H and O–H groups in total. The highest BCUT2D eigenvalue weighted by Gasteiger charge is 2.26. The first-order valence-electron chi connectivity index (χ1n) is 6.61. The van der Waals surface area contributed by atoms with Crippen molar-refractivity contribution in [2.45, 2.75) is 25.3 Å². The Kier molecular flexibility index (Phi) is 4.47. The number of amides is 1. The molecule has 2 rings (SSSR count). The second-order valence-corrected chi connectivity index (χ2v) is 5.19. The lowest BCUT2D eigenvalue weighted by Crippen LogP contribution is -2.36. The van der Waals surface area contributed by atoms with E-state index in [1.54, 1.807) is 18.0 Å². The van der Waals surface area contributed by atoms with Crippen LogP contribution in [0.1, 0.15) is 18.4 Å². The van der Waals surface area contributed by atoms with E-state index in [1.807, 2.05) is 0 Å². The summed E-state index contributed by atoms with van der Waals surface area (Å²) >= 11 is 0. The zero-order valence-electron chi connectivity index (χ0n) is 11.5. The molecule has 0 atom stereocenters. The summed E-state index contributed by atoms with van der Waals surface area (Å²) in [7, 11) is 3.88. The number of hydrogen-bond acceptors (Lipinski definition) is 3. The molecule has 0 saturated heterocycles. The number of halogens is 1. The van der Waals surface area contributed by atoms with Gasteiger partial charge in [0.1, 0.15) is 0 Å². The second-order valence-electron chi connectivity index (χ2n) is 5.19.